The highest BCUT2D eigenvalue weighted by Crippen LogP contribution is 2.34. The zero-order valence-electron chi connectivity index (χ0n) is 12.7. The fraction of sp³-hybridized carbons (Fsp3) is 0.529. The first-order chi connectivity index (χ1) is 10.2. The first-order valence-electron chi connectivity index (χ1n) is 7.72. The van der Waals surface area contributed by atoms with Crippen molar-refractivity contribution in [3.8, 4) is 0 Å². The Hall–Kier alpha value is -1.68. The molecule has 0 saturated carbocycles. The summed E-state index contributed by atoms with van der Waals surface area (Å²) in [7, 11) is 0. The van der Waals surface area contributed by atoms with E-state index in [0.717, 1.165) is 37.6 Å². The average Bonchev–Trinajstić information content (AvgIpc) is 3.15. The zero-order valence-corrected chi connectivity index (χ0v) is 12.7. The minimum Gasteiger partial charge on any atom is -0.377 e. The molecule has 21 heavy (non-hydrogen) atoms. The van der Waals surface area contributed by atoms with Gasteiger partial charge in [-0.2, -0.15) is 4.98 Å². The molecule has 4 nitrogen and oxygen atoms in total. The van der Waals surface area contributed by atoms with E-state index in [-0.39, 0.29) is 12.0 Å². The van der Waals surface area contributed by atoms with Crippen LogP contribution in [-0.2, 0) is 17.6 Å². The molecule has 2 unspecified atom stereocenters. The number of benzene rings is 1. The van der Waals surface area contributed by atoms with Crippen LogP contribution in [0.3, 0.4) is 0 Å². The summed E-state index contributed by atoms with van der Waals surface area (Å²) >= 11 is 0. The number of nitrogens with zero attached hydrogens (tertiary/aromatic N) is 2. The molecule has 0 aliphatic carbocycles. The molecule has 0 bridgehead atoms. The van der Waals surface area contributed by atoms with Crippen molar-refractivity contribution in [3.63, 3.8) is 0 Å². The highest BCUT2D eigenvalue weighted by atomic mass is 16.5. The molecule has 2 aromatic rings. The number of rotatable bonds is 5. The number of hydrogen-bond acceptors (Lipinski definition) is 4. The van der Waals surface area contributed by atoms with E-state index < -0.39 is 0 Å². The third kappa shape index (κ3) is 3.32. The van der Waals surface area contributed by atoms with Crippen LogP contribution in [0.25, 0.3) is 0 Å². The van der Waals surface area contributed by atoms with Crippen molar-refractivity contribution in [2.45, 2.75) is 45.1 Å². The Kier molecular flexibility index (Phi) is 4.34. The summed E-state index contributed by atoms with van der Waals surface area (Å²) in [5, 5.41) is 4.13. The van der Waals surface area contributed by atoms with E-state index >= 15 is 0 Å². The molecule has 112 valence electrons. The maximum atomic E-state index is 5.79. The molecule has 0 N–H and O–H groups in total. The van der Waals surface area contributed by atoms with Gasteiger partial charge in [0.05, 0.1) is 12.0 Å². The van der Waals surface area contributed by atoms with E-state index in [4.69, 9.17) is 9.26 Å². The van der Waals surface area contributed by atoms with E-state index in [1.165, 1.54) is 5.56 Å². The molecule has 2 atom stereocenters. The minimum absolute atomic E-state index is 0.201. The number of hydrogen-bond donors (Lipinski definition) is 0. The van der Waals surface area contributed by atoms with Crippen molar-refractivity contribution in [3.05, 3.63) is 47.6 Å². The van der Waals surface area contributed by atoms with Crippen LogP contribution in [0.5, 0.6) is 0 Å². The van der Waals surface area contributed by atoms with Gasteiger partial charge in [0.15, 0.2) is 5.82 Å². The van der Waals surface area contributed by atoms with E-state index in [0.29, 0.717) is 5.92 Å². The smallest absolute Gasteiger partial charge is 0.232 e. The molecule has 1 fully saturated rings. The first kappa shape index (κ1) is 14.3. The molecule has 0 spiro atoms. The highest BCUT2D eigenvalue weighted by molar-refractivity contribution is 5.15. The van der Waals surface area contributed by atoms with Crippen molar-refractivity contribution < 1.29 is 9.26 Å². The normalized spacial score (nSPS) is 22.0. The molecule has 1 aliphatic rings. The van der Waals surface area contributed by atoms with Crippen molar-refractivity contribution in [1.29, 1.82) is 0 Å². The monoisotopic (exact) mass is 286 g/mol. The van der Waals surface area contributed by atoms with Crippen molar-refractivity contribution in [2.75, 3.05) is 6.61 Å². The summed E-state index contributed by atoms with van der Waals surface area (Å²) in [6, 6.07) is 10.4. The SMILES string of the molecule is CC(C)C1OCCC1c1nc(CCc2ccccc2)no1. The standard InChI is InChI=1S/C17H22N2O2/c1-12(2)16-14(10-11-20-16)17-18-15(19-21-17)9-8-13-6-4-3-5-7-13/h3-7,12,14,16H,8-11H2,1-2H3. The maximum absolute atomic E-state index is 5.79. The molecule has 1 aliphatic heterocycles. The highest BCUT2D eigenvalue weighted by Gasteiger charge is 2.35. The van der Waals surface area contributed by atoms with Crippen LogP contribution in [0.15, 0.2) is 34.9 Å². The van der Waals surface area contributed by atoms with Gasteiger partial charge in [-0.3, -0.25) is 0 Å². The number of ether oxygens (including phenoxy) is 1. The third-order valence-corrected chi connectivity index (χ3v) is 4.07. The molecule has 0 radical (unpaired) electrons. The first-order valence-corrected chi connectivity index (χ1v) is 7.72. The summed E-state index contributed by atoms with van der Waals surface area (Å²) in [5.41, 5.74) is 1.30. The fourth-order valence-corrected chi connectivity index (χ4v) is 2.95. The Balaban J connectivity index is 1.63. The summed E-state index contributed by atoms with van der Waals surface area (Å²) in [5.74, 6) is 2.26. The lowest BCUT2D eigenvalue weighted by Crippen LogP contribution is -2.21. The Morgan fingerprint density at radius 3 is 2.76 bits per heavy atom. The molecule has 1 aromatic carbocycles. The van der Waals surface area contributed by atoms with Crippen LogP contribution in [0, 0.1) is 5.92 Å². The molecule has 2 heterocycles. The Morgan fingerprint density at radius 2 is 2.00 bits per heavy atom. The van der Waals surface area contributed by atoms with Gasteiger partial charge in [0, 0.05) is 13.0 Å². The van der Waals surface area contributed by atoms with Crippen LogP contribution < -0.4 is 0 Å². The molecular formula is C17H22N2O2. The van der Waals surface area contributed by atoms with Crippen molar-refractivity contribution in [1.82, 2.24) is 10.1 Å². The van der Waals surface area contributed by atoms with Gasteiger partial charge in [0.25, 0.3) is 0 Å². The van der Waals surface area contributed by atoms with Gasteiger partial charge < -0.3 is 9.26 Å². The summed E-state index contributed by atoms with van der Waals surface area (Å²) in [6.45, 7) is 5.14. The molecule has 3 rings (SSSR count). The maximum Gasteiger partial charge on any atom is 0.232 e. The van der Waals surface area contributed by atoms with Crippen LogP contribution in [0.2, 0.25) is 0 Å². The van der Waals surface area contributed by atoms with E-state index in [9.17, 15) is 0 Å². The number of aromatic nitrogens is 2. The average molecular weight is 286 g/mol. The van der Waals surface area contributed by atoms with E-state index in [1.807, 2.05) is 6.07 Å². The van der Waals surface area contributed by atoms with Crippen molar-refractivity contribution in [2.24, 2.45) is 5.92 Å². The molecule has 1 aromatic heterocycles. The lowest BCUT2D eigenvalue weighted by Gasteiger charge is -2.18. The zero-order chi connectivity index (χ0) is 14.7. The van der Waals surface area contributed by atoms with Gasteiger partial charge >= 0.3 is 0 Å². The summed E-state index contributed by atoms with van der Waals surface area (Å²) < 4.78 is 11.3. The molecule has 4 heteroatoms. The largest absolute Gasteiger partial charge is 0.377 e. The second-order valence-corrected chi connectivity index (χ2v) is 6.01. The molecular weight excluding hydrogens is 264 g/mol. The fourth-order valence-electron chi connectivity index (χ4n) is 2.95. The van der Waals surface area contributed by atoms with Gasteiger partial charge in [-0.25, -0.2) is 0 Å². The van der Waals surface area contributed by atoms with Gasteiger partial charge in [0.1, 0.15) is 0 Å². The number of aryl methyl sites for hydroxylation is 2. The predicted molar refractivity (Wildman–Crippen MR) is 80.1 cm³/mol. The lowest BCUT2D eigenvalue weighted by atomic mass is 9.93. The summed E-state index contributed by atoms with van der Waals surface area (Å²) in [6.07, 6.45) is 2.93. The predicted octanol–water partition coefficient (Wildman–Crippen LogP) is 3.38. The third-order valence-electron chi connectivity index (χ3n) is 4.07. The van der Waals surface area contributed by atoms with Gasteiger partial charge in [-0.1, -0.05) is 49.3 Å². The van der Waals surface area contributed by atoms with E-state index in [1.54, 1.807) is 0 Å². The minimum atomic E-state index is 0.201. The van der Waals surface area contributed by atoms with Crippen LogP contribution in [0.4, 0.5) is 0 Å². The van der Waals surface area contributed by atoms with Gasteiger partial charge in [-0.05, 0) is 24.3 Å². The van der Waals surface area contributed by atoms with Crippen LogP contribution in [-0.4, -0.2) is 22.9 Å². The van der Waals surface area contributed by atoms with Gasteiger partial charge in [0.2, 0.25) is 5.89 Å². The molecule has 1 saturated heterocycles. The van der Waals surface area contributed by atoms with Gasteiger partial charge in [-0.15, -0.1) is 0 Å². The topological polar surface area (TPSA) is 48.2 Å². The van der Waals surface area contributed by atoms with Crippen LogP contribution in [0.1, 0.15) is 43.5 Å². The lowest BCUT2D eigenvalue weighted by molar-refractivity contribution is 0.0627. The summed E-state index contributed by atoms with van der Waals surface area (Å²) in [4.78, 5) is 4.58. The second kappa shape index (κ2) is 6.39. The Morgan fingerprint density at radius 1 is 1.19 bits per heavy atom. The van der Waals surface area contributed by atoms with Crippen LogP contribution >= 0.6 is 0 Å². The Bertz CT molecular complexity index is 565. The quantitative estimate of drug-likeness (QED) is 0.845. The molecule has 0 amide bonds. The Labute approximate surface area is 125 Å². The van der Waals surface area contributed by atoms with E-state index in [2.05, 4.69) is 48.3 Å². The van der Waals surface area contributed by atoms with Crippen molar-refractivity contribution >= 4 is 0 Å². The second-order valence-electron chi connectivity index (χ2n) is 6.01.